The third-order valence-corrected chi connectivity index (χ3v) is 10.2. The van der Waals surface area contributed by atoms with Gasteiger partial charge in [-0.05, 0) is 83.6 Å². The van der Waals surface area contributed by atoms with Crippen molar-refractivity contribution in [1.82, 2.24) is 0 Å². The van der Waals surface area contributed by atoms with Gasteiger partial charge in [0.05, 0.1) is 30.5 Å². The van der Waals surface area contributed by atoms with E-state index in [0.29, 0.717) is 25.0 Å². The lowest BCUT2D eigenvalue weighted by Crippen LogP contribution is -2.34. The Kier molecular flexibility index (Phi) is 19.2. The van der Waals surface area contributed by atoms with Crippen LogP contribution >= 0.6 is 0 Å². The minimum Gasteiger partial charge on any atom is -0.460 e. The standard InChI is InChI=1S/C39H66O8/c1-4-5-6-7-8-9-13-16-23-35(45-30(3)40)36-26-27-38(47-36)37-25-24-34(46-37)33(42)22-18-17-21-32(41)20-15-12-10-11-14-19-31-28-29(2)44-39(31)43/h28-29,33-38,42H,4-27H2,1-3H3/t29-,33+,34+,35-,36+,37+,38+/m0/s1. The van der Waals surface area contributed by atoms with Crippen LogP contribution in [0.3, 0.4) is 0 Å². The summed E-state index contributed by atoms with van der Waals surface area (Å²) in [5.41, 5.74) is 0.809. The Morgan fingerprint density at radius 3 is 1.98 bits per heavy atom. The van der Waals surface area contributed by atoms with Crippen LogP contribution in [-0.4, -0.2) is 65.6 Å². The van der Waals surface area contributed by atoms with Gasteiger partial charge in [-0.15, -0.1) is 0 Å². The second-order valence-electron chi connectivity index (χ2n) is 14.4. The summed E-state index contributed by atoms with van der Waals surface area (Å²) in [6.07, 6.45) is 24.5. The Labute approximate surface area is 285 Å². The SMILES string of the molecule is CCCCCCCCCC[C@H](OC(C)=O)[C@H]1CC[C@H]([C@H]2CC[C@H]([C@H](O)CCCCC(=O)CCCCCCCC3=C[C@H](C)OC3=O)O2)O1. The topological polar surface area (TPSA) is 108 Å². The minimum absolute atomic E-state index is 0.0150. The molecule has 0 bridgehead atoms. The van der Waals surface area contributed by atoms with E-state index in [4.69, 9.17) is 18.9 Å². The van der Waals surface area contributed by atoms with E-state index in [1.807, 2.05) is 13.0 Å². The van der Waals surface area contributed by atoms with Crippen molar-refractivity contribution in [3.63, 3.8) is 0 Å². The molecule has 3 heterocycles. The zero-order valence-electron chi connectivity index (χ0n) is 29.9. The molecule has 47 heavy (non-hydrogen) atoms. The van der Waals surface area contributed by atoms with Crippen LogP contribution in [-0.2, 0) is 33.3 Å². The Morgan fingerprint density at radius 2 is 1.34 bits per heavy atom. The predicted octanol–water partition coefficient (Wildman–Crippen LogP) is 8.64. The number of cyclic esters (lactones) is 1. The monoisotopic (exact) mass is 662 g/mol. The normalized spacial score (nSPS) is 25.5. The molecular weight excluding hydrogens is 596 g/mol. The first kappa shape index (κ1) is 39.7. The van der Waals surface area contributed by atoms with E-state index < -0.39 is 6.10 Å². The van der Waals surface area contributed by atoms with Gasteiger partial charge in [-0.2, -0.15) is 0 Å². The van der Waals surface area contributed by atoms with Crippen molar-refractivity contribution in [3.05, 3.63) is 11.6 Å². The molecule has 0 radical (unpaired) electrons. The highest BCUT2D eigenvalue weighted by molar-refractivity contribution is 5.90. The van der Waals surface area contributed by atoms with Gasteiger partial charge in [0.15, 0.2) is 0 Å². The number of ketones is 1. The zero-order chi connectivity index (χ0) is 33.9. The van der Waals surface area contributed by atoms with Crippen molar-refractivity contribution in [1.29, 1.82) is 0 Å². The van der Waals surface area contributed by atoms with Crippen LogP contribution < -0.4 is 0 Å². The van der Waals surface area contributed by atoms with Crippen molar-refractivity contribution >= 4 is 17.7 Å². The molecule has 2 fully saturated rings. The van der Waals surface area contributed by atoms with Gasteiger partial charge in [0.25, 0.3) is 0 Å². The van der Waals surface area contributed by atoms with Crippen LogP contribution in [0.15, 0.2) is 11.6 Å². The summed E-state index contributed by atoms with van der Waals surface area (Å²) in [6.45, 7) is 5.61. The van der Waals surface area contributed by atoms with Crippen molar-refractivity contribution in [3.8, 4) is 0 Å². The lowest BCUT2D eigenvalue weighted by Gasteiger charge is -2.26. The fourth-order valence-corrected chi connectivity index (χ4v) is 7.46. The highest BCUT2D eigenvalue weighted by Crippen LogP contribution is 2.35. The quantitative estimate of drug-likeness (QED) is 0.0724. The molecule has 270 valence electrons. The molecule has 1 N–H and O–H groups in total. The van der Waals surface area contributed by atoms with Gasteiger partial charge in [-0.3, -0.25) is 9.59 Å². The highest BCUT2D eigenvalue weighted by Gasteiger charge is 2.41. The number of hydrogen-bond acceptors (Lipinski definition) is 8. The molecule has 8 nitrogen and oxygen atoms in total. The van der Waals surface area contributed by atoms with E-state index in [9.17, 15) is 19.5 Å². The lowest BCUT2D eigenvalue weighted by atomic mass is 10.00. The Balaban J connectivity index is 1.21. The first-order chi connectivity index (χ1) is 22.8. The largest absolute Gasteiger partial charge is 0.460 e. The third kappa shape index (κ3) is 15.5. The summed E-state index contributed by atoms with van der Waals surface area (Å²) < 4.78 is 23.6. The Bertz CT molecular complexity index is 947. The number of esters is 2. The third-order valence-electron chi connectivity index (χ3n) is 10.2. The number of carbonyl (C=O) groups is 3. The van der Waals surface area contributed by atoms with Crippen LogP contribution in [0.5, 0.6) is 0 Å². The van der Waals surface area contributed by atoms with Gasteiger partial charge in [-0.25, -0.2) is 4.79 Å². The van der Waals surface area contributed by atoms with E-state index in [1.165, 1.54) is 51.9 Å². The van der Waals surface area contributed by atoms with Gasteiger partial charge >= 0.3 is 11.9 Å². The molecule has 0 unspecified atom stereocenters. The van der Waals surface area contributed by atoms with E-state index >= 15 is 0 Å². The predicted molar refractivity (Wildman–Crippen MR) is 184 cm³/mol. The second kappa shape index (κ2) is 22.8. The molecule has 0 aromatic heterocycles. The van der Waals surface area contributed by atoms with Crippen LogP contribution in [0, 0.1) is 0 Å². The maximum Gasteiger partial charge on any atom is 0.334 e. The summed E-state index contributed by atoms with van der Waals surface area (Å²) in [5, 5.41) is 10.8. The average Bonchev–Trinajstić information content (AvgIpc) is 3.79. The smallest absolute Gasteiger partial charge is 0.334 e. The second-order valence-corrected chi connectivity index (χ2v) is 14.4. The number of unbranched alkanes of at least 4 members (excludes halogenated alkanes) is 12. The molecule has 0 aromatic rings. The number of aliphatic hydroxyl groups excluding tert-OH is 1. The molecule has 3 aliphatic heterocycles. The maximum absolute atomic E-state index is 12.3. The van der Waals surface area contributed by atoms with Crippen molar-refractivity contribution in [2.45, 2.75) is 218 Å². The van der Waals surface area contributed by atoms with Crippen LogP contribution in [0.2, 0.25) is 0 Å². The summed E-state index contributed by atoms with van der Waals surface area (Å²) >= 11 is 0. The van der Waals surface area contributed by atoms with Gasteiger partial charge in [0, 0.05) is 25.3 Å². The van der Waals surface area contributed by atoms with Crippen molar-refractivity contribution in [2.75, 3.05) is 0 Å². The molecule has 0 spiro atoms. The molecule has 3 rings (SSSR count). The maximum atomic E-state index is 12.3. The van der Waals surface area contributed by atoms with Gasteiger partial charge in [0.1, 0.15) is 18.0 Å². The van der Waals surface area contributed by atoms with Crippen LogP contribution in [0.4, 0.5) is 0 Å². The summed E-state index contributed by atoms with van der Waals surface area (Å²) in [5.74, 6) is -0.0977. The first-order valence-corrected chi connectivity index (χ1v) is 19.4. The fraction of sp³-hybridized carbons (Fsp3) is 0.872. The fourth-order valence-electron chi connectivity index (χ4n) is 7.46. The lowest BCUT2D eigenvalue weighted by molar-refractivity contribution is -0.158. The number of rotatable bonds is 26. The molecule has 7 atom stereocenters. The molecule has 8 heteroatoms. The van der Waals surface area contributed by atoms with Gasteiger partial charge < -0.3 is 24.1 Å². The number of aliphatic hydroxyl groups is 1. The molecule has 3 aliphatic rings. The zero-order valence-corrected chi connectivity index (χ0v) is 29.9. The Morgan fingerprint density at radius 1 is 0.787 bits per heavy atom. The molecular formula is C39H66O8. The summed E-state index contributed by atoms with van der Waals surface area (Å²) in [7, 11) is 0. The first-order valence-electron chi connectivity index (χ1n) is 19.4. The minimum atomic E-state index is -0.520. The van der Waals surface area contributed by atoms with Crippen molar-refractivity contribution < 1.29 is 38.4 Å². The highest BCUT2D eigenvalue weighted by atomic mass is 16.6. The van der Waals surface area contributed by atoms with Crippen LogP contribution in [0.25, 0.3) is 0 Å². The number of carbonyl (C=O) groups excluding carboxylic acids is 3. The number of hydrogen-bond donors (Lipinski definition) is 1. The number of ether oxygens (including phenoxy) is 4. The van der Waals surface area contributed by atoms with Gasteiger partial charge in [-0.1, -0.05) is 77.6 Å². The average molecular weight is 663 g/mol. The van der Waals surface area contributed by atoms with E-state index in [0.717, 1.165) is 95.5 Å². The molecule has 0 aliphatic carbocycles. The van der Waals surface area contributed by atoms with Crippen molar-refractivity contribution in [2.24, 2.45) is 0 Å². The van der Waals surface area contributed by atoms with Crippen LogP contribution in [0.1, 0.15) is 175 Å². The summed E-state index contributed by atoms with van der Waals surface area (Å²) in [4.78, 5) is 35.8. The van der Waals surface area contributed by atoms with E-state index in [2.05, 4.69) is 6.92 Å². The molecule has 0 aromatic carbocycles. The summed E-state index contributed by atoms with van der Waals surface area (Å²) in [6, 6.07) is 0. The molecule has 2 saturated heterocycles. The van der Waals surface area contributed by atoms with E-state index in [-0.39, 0.29) is 48.6 Å². The van der Waals surface area contributed by atoms with E-state index in [1.54, 1.807) is 0 Å². The Hall–Kier alpha value is -1.77. The number of Topliss-reactive ketones (excluding diaryl/α,β-unsaturated/α-hetero) is 1. The molecule has 0 amide bonds. The molecule has 0 saturated carbocycles. The van der Waals surface area contributed by atoms with Gasteiger partial charge in [0.2, 0.25) is 0 Å².